The van der Waals surface area contributed by atoms with E-state index >= 15 is 0 Å². The molecule has 0 N–H and O–H groups in total. The summed E-state index contributed by atoms with van der Waals surface area (Å²) in [6, 6.07) is 0. The molecule has 156 valence electrons. The molecule has 0 aromatic rings. The number of carbonyl (C=O) groups is 2. The Kier molecular flexibility index (Phi) is 5.53. The summed E-state index contributed by atoms with van der Waals surface area (Å²) < 4.78 is 0. The predicted octanol–water partition coefficient (Wildman–Crippen LogP) is 5.01. The molecule has 0 spiro atoms. The second kappa shape index (κ2) is 6.89. The fourth-order valence-electron chi connectivity index (χ4n) is 6.04. The molecule has 0 unspecified atom stereocenters. The van der Waals surface area contributed by atoms with Gasteiger partial charge in [0.2, 0.25) is 11.8 Å². The van der Waals surface area contributed by atoms with Crippen molar-refractivity contribution in [1.82, 2.24) is 9.80 Å². The highest BCUT2D eigenvalue weighted by atomic mass is 16.2. The van der Waals surface area contributed by atoms with Gasteiger partial charge in [0.25, 0.3) is 0 Å². The van der Waals surface area contributed by atoms with Gasteiger partial charge < -0.3 is 9.80 Å². The molecule has 0 aromatic heterocycles. The fourth-order valence-corrected chi connectivity index (χ4v) is 6.04. The van der Waals surface area contributed by atoms with Crippen LogP contribution in [-0.4, -0.2) is 43.8 Å². The minimum atomic E-state index is -0.280. The summed E-state index contributed by atoms with van der Waals surface area (Å²) in [5.41, 5.74) is 1.76. The highest BCUT2D eigenvalue weighted by molar-refractivity contribution is 5.89. The van der Waals surface area contributed by atoms with Crippen molar-refractivity contribution in [2.24, 2.45) is 0 Å². The molecule has 4 nitrogen and oxygen atoms in total. The molecule has 0 aliphatic carbocycles. The first-order valence-corrected chi connectivity index (χ1v) is 10.2. The van der Waals surface area contributed by atoms with Gasteiger partial charge in [0, 0.05) is 22.2 Å². The maximum absolute atomic E-state index is 12.6. The molecule has 2 heterocycles. The Morgan fingerprint density at radius 1 is 0.643 bits per heavy atom. The lowest BCUT2D eigenvalue weighted by molar-refractivity contribution is -0.143. The lowest BCUT2D eigenvalue weighted by atomic mass is 9.69. The number of hydrogen-bond acceptors (Lipinski definition) is 2. The van der Waals surface area contributed by atoms with E-state index in [1.54, 1.807) is 0 Å². The maximum atomic E-state index is 12.6. The molecule has 28 heavy (non-hydrogen) atoms. The first-order chi connectivity index (χ1) is 12.6. The van der Waals surface area contributed by atoms with Crippen molar-refractivity contribution < 1.29 is 9.59 Å². The molecule has 2 aliphatic heterocycles. The van der Waals surface area contributed by atoms with E-state index in [-0.39, 0.29) is 34.0 Å². The number of nitrogens with zero attached hydrogens (tertiary/aromatic N) is 2. The zero-order valence-corrected chi connectivity index (χ0v) is 19.1. The molecule has 0 saturated carbocycles. The van der Waals surface area contributed by atoms with Crippen LogP contribution < -0.4 is 0 Å². The Hall–Kier alpha value is -1.84. The third kappa shape index (κ3) is 3.83. The van der Waals surface area contributed by atoms with Gasteiger partial charge in [-0.15, -0.1) is 0 Å². The van der Waals surface area contributed by atoms with Crippen molar-refractivity contribution in [3.8, 4) is 0 Å². The van der Waals surface area contributed by atoms with E-state index in [9.17, 15) is 9.59 Å². The minimum Gasteiger partial charge on any atom is -0.328 e. The Labute approximate surface area is 171 Å². The smallest absolute Gasteiger partial charge is 0.246 e. The molecule has 0 atom stereocenters. The summed E-state index contributed by atoms with van der Waals surface area (Å²) in [5, 5.41) is 0. The molecule has 2 saturated heterocycles. The summed E-state index contributed by atoms with van der Waals surface area (Å²) in [4.78, 5) is 29.1. The molecule has 0 radical (unpaired) electrons. The van der Waals surface area contributed by atoms with Crippen molar-refractivity contribution in [1.29, 1.82) is 0 Å². The summed E-state index contributed by atoms with van der Waals surface area (Å²) in [5.74, 6) is -0.0165. The van der Waals surface area contributed by atoms with Crippen LogP contribution in [0.25, 0.3) is 0 Å². The number of likely N-dealkylation sites (tertiary alicyclic amines) is 2. The predicted molar refractivity (Wildman–Crippen MR) is 116 cm³/mol. The molecule has 2 fully saturated rings. The monoisotopic (exact) mass is 386 g/mol. The van der Waals surface area contributed by atoms with Crippen molar-refractivity contribution in [3.63, 3.8) is 0 Å². The number of rotatable bonds is 2. The van der Waals surface area contributed by atoms with Gasteiger partial charge in [-0.1, -0.05) is 24.3 Å². The SMILES string of the molecule is C=CC(=O)N1C(C)(C)CC(=C2CC(C)(C)N(C(=O)C=C)C(C)(C)C2)CC1(C)C. The van der Waals surface area contributed by atoms with E-state index in [4.69, 9.17) is 0 Å². The van der Waals surface area contributed by atoms with E-state index in [2.05, 4.69) is 68.5 Å². The molecule has 4 heteroatoms. The van der Waals surface area contributed by atoms with E-state index in [0.29, 0.717) is 0 Å². The van der Waals surface area contributed by atoms with Gasteiger partial charge in [-0.3, -0.25) is 9.59 Å². The minimum absolute atomic E-state index is 0.00823. The Bertz CT molecular complexity index is 636. The van der Waals surface area contributed by atoms with Crippen LogP contribution in [0, 0.1) is 0 Å². The fraction of sp³-hybridized carbons (Fsp3) is 0.667. The number of hydrogen-bond donors (Lipinski definition) is 0. The zero-order chi connectivity index (χ0) is 21.7. The number of amides is 2. The summed E-state index contributed by atoms with van der Waals surface area (Å²) in [7, 11) is 0. The second-order valence-electron chi connectivity index (χ2n) is 10.9. The van der Waals surface area contributed by atoms with Crippen LogP contribution in [0.2, 0.25) is 0 Å². The highest BCUT2D eigenvalue weighted by Crippen LogP contribution is 2.48. The van der Waals surface area contributed by atoms with Crippen LogP contribution in [0.5, 0.6) is 0 Å². The maximum Gasteiger partial charge on any atom is 0.246 e. The number of piperidine rings is 2. The number of carbonyl (C=O) groups excluding carboxylic acids is 2. The zero-order valence-electron chi connectivity index (χ0n) is 19.1. The van der Waals surface area contributed by atoms with Gasteiger partial charge >= 0.3 is 0 Å². The molecule has 0 aromatic carbocycles. The second-order valence-corrected chi connectivity index (χ2v) is 10.9. The molecule has 2 aliphatic rings. The largest absolute Gasteiger partial charge is 0.328 e. The first-order valence-electron chi connectivity index (χ1n) is 10.2. The third-order valence-electron chi connectivity index (χ3n) is 6.30. The molecular weight excluding hydrogens is 348 g/mol. The summed E-state index contributed by atoms with van der Waals surface area (Å²) >= 11 is 0. The molecular formula is C24H38N2O2. The topological polar surface area (TPSA) is 40.6 Å². The molecule has 2 amide bonds. The van der Waals surface area contributed by atoms with Gasteiger partial charge in [-0.05, 0) is 93.2 Å². The van der Waals surface area contributed by atoms with E-state index in [0.717, 1.165) is 25.7 Å². The Morgan fingerprint density at radius 2 is 0.857 bits per heavy atom. The first kappa shape index (κ1) is 22.4. The van der Waals surface area contributed by atoms with Crippen molar-refractivity contribution in [2.75, 3.05) is 0 Å². The van der Waals surface area contributed by atoms with E-state index < -0.39 is 0 Å². The van der Waals surface area contributed by atoms with Gasteiger partial charge in [0.05, 0.1) is 0 Å². The summed E-state index contributed by atoms with van der Waals surface area (Å²) in [6.45, 7) is 24.5. The average molecular weight is 387 g/mol. The van der Waals surface area contributed by atoms with Gasteiger partial charge in [0.15, 0.2) is 0 Å². The molecule has 2 rings (SSSR count). The third-order valence-corrected chi connectivity index (χ3v) is 6.30. The summed E-state index contributed by atoms with van der Waals surface area (Å²) in [6.07, 6.45) is 6.26. The standard InChI is InChI=1S/C24H38N2O2/c1-11-19(27)25-21(3,4)13-17(14-22(25,5)6)18-15-23(7,8)26(20(28)12-2)24(9,10)16-18/h11-12H,1-2,13-16H2,3-10H3. The van der Waals surface area contributed by atoms with E-state index in [1.165, 1.54) is 23.3 Å². The average Bonchev–Trinajstić information content (AvgIpc) is 2.49. The van der Waals surface area contributed by atoms with Gasteiger partial charge in [-0.2, -0.15) is 0 Å². The molecule has 0 bridgehead atoms. The van der Waals surface area contributed by atoms with Gasteiger partial charge in [-0.25, -0.2) is 0 Å². The van der Waals surface area contributed by atoms with Crippen LogP contribution in [0.15, 0.2) is 36.5 Å². The van der Waals surface area contributed by atoms with Crippen molar-refractivity contribution in [2.45, 2.75) is 103 Å². The van der Waals surface area contributed by atoms with Gasteiger partial charge in [0.1, 0.15) is 0 Å². The van der Waals surface area contributed by atoms with E-state index in [1.807, 2.05) is 9.80 Å². The van der Waals surface area contributed by atoms with Crippen LogP contribution in [0.4, 0.5) is 0 Å². The van der Waals surface area contributed by atoms with Crippen LogP contribution in [-0.2, 0) is 9.59 Å². The van der Waals surface area contributed by atoms with Crippen LogP contribution in [0.1, 0.15) is 81.1 Å². The quantitative estimate of drug-likeness (QED) is 0.494. The van der Waals surface area contributed by atoms with Crippen LogP contribution >= 0.6 is 0 Å². The van der Waals surface area contributed by atoms with Crippen LogP contribution in [0.3, 0.4) is 0 Å². The van der Waals surface area contributed by atoms with Crippen molar-refractivity contribution in [3.05, 3.63) is 36.5 Å². The lowest BCUT2D eigenvalue weighted by Gasteiger charge is -2.57. The lowest BCUT2D eigenvalue weighted by Crippen LogP contribution is -2.63. The normalized spacial score (nSPS) is 25.3. The Morgan fingerprint density at radius 3 is 1.04 bits per heavy atom. The highest BCUT2D eigenvalue weighted by Gasteiger charge is 2.49. The van der Waals surface area contributed by atoms with Crippen molar-refractivity contribution >= 4 is 11.8 Å². The Balaban J connectivity index is 2.50.